The highest BCUT2D eigenvalue weighted by atomic mass is 19.1. The molecule has 0 radical (unpaired) electrons. The Kier molecular flexibility index (Phi) is 6.50. The Morgan fingerprint density at radius 1 is 1.25 bits per heavy atom. The van der Waals surface area contributed by atoms with Crippen LogP contribution in [0.15, 0.2) is 30.5 Å². The van der Waals surface area contributed by atoms with Crippen molar-refractivity contribution in [3.63, 3.8) is 0 Å². The van der Waals surface area contributed by atoms with Crippen LogP contribution >= 0.6 is 0 Å². The highest BCUT2D eigenvalue weighted by Gasteiger charge is 2.36. The summed E-state index contributed by atoms with van der Waals surface area (Å²) in [7, 11) is 0. The van der Waals surface area contributed by atoms with Crippen LogP contribution in [0.2, 0.25) is 0 Å². The van der Waals surface area contributed by atoms with Crippen LogP contribution in [0.5, 0.6) is 0 Å². The number of anilines is 1. The van der Waals surface area contributed by atoms with E-state index in [1.807, 2.05) is 0 Å². The third kappa shape index (κ3) is 4.50. The van der Waals surface area contributed by atoms with Crippen LogP contribution in [0.1, 0.15) is 36.0 Å². The van der Waals surface area contributed by atoms with E-state index < -0.39 is 11.9 Å². The molecule has 2 saturated heterocycles. The second-order valence-electron chi connectivity index (χ2n) is 7.98. The van der Waals surface area contributed by atoms with E-state index in [1.165, 1.54) is 34.0 Å². The third-order valence-electron chi connectivity index (χ3n) is 5.90. The van der Waals surface area contributed by atoms with E-state index >= 15 is 0 Å². The maximum Gasteiger partial charge on any atom is 0.249 e. The number of nitrogen functional groups attached to an aromatic ring is 1. The van der Waals surface area contributed by atoms with Gasteiger partial charge in [-0.3, -0.25) is 14.4 Å². The third-order valence-corrected chi connectivity index (χ3v) is 5.90. The zero-order valence-corrected chi connectivity index (χ0v) is 17.7. The Morgan fingerprint density at radius 3 is 2.84 bits per heavy atom. The number of ketones is 1. The lowest BCUT2D eigenvalue weighted by atomic mass is 10.0. The smallest absolute Gasteiger partial charge is 0.249 e. The number of likely N-dealkylation sites (tertiary alicyclic amines) is 2. The average molecular weight is 443 g/mol. The number of nitrogens with two attached hydrogens (primary N) is 1. The lowest BCUT2D eigenvalue weighted by Crippen LogP contribution is -2.42. The molecule has 0 bridgehead atoms. The molecule has 2 aliphatic rings. The molecular formula is C22H26FN5O4. The number of carbonyl (C=O) groups is 3. The quantitative estimate of drug-likeness (QED) is 0.488. The Morgan fingerprint density at radius 2 is 2.09 bits per heavy atom. The largest absolute Gasteiger partial charge is 0.383 e. The number of ether oxygens (including phenoxy) is 1. The van der Waals surface area contributed by atoms with Crippen LogP contribution in [-0.2, 0) is 14.3 Å². The van der Waals surface area contributed by atoms with E-state index in [4.69, 9.17) is 10.5 Å². The lowest BCUT2D eigenvalue weighted by molar-refractivity contribution is -0.136. The van der Waals surface area contributed by atoms with Gasteiger partial charge < -0.3 is 20.3 Å². The van der Waals surface area contributed by atoms with Gasteiger partial charge in [0.15, 0.2) is 5.78 Å². The molecule has 0 saturated carbocycles. The zero-order chi connectivity index (χ0) is 22.7. The fourth-order valence-electron chi connectivity index (χ4n) is 4.24. The number of amides is 2. The molecule has 170 valence electrons. The highest BCUT2D eigenvalue weighted by molar-refractivity contribution is 6.05. The molecule has 1 aromatic carbocycles. The molecule has 2 amide bonds. The van der Waals surface area contributed by atoms with Gasteiger partial charge in [-0.05, 0) is 37.5 Å². The molecule has 1 atom stereocenters. The Hall–Kier alpha value is -3.27. The van der Waals surface area contributed by atoms with Gasteiger partial charge in [-0.15, -0.1) is 0 Å². The topological polar surface area (TPSA) is 111 Å². The molecule has 4 rings (SSSR count). The fourth-order valence-corrected chi connectivity index (χ4v) is 4.24. The molecule has 9 nitrogen and oxygen atoms in total. The van der Waals surface area contributed by atoms with Crippen LogP contribution in [0.25, 0.3) is 5.69 Å². The zero-order valence-electron chi connectivity index (χ0n) is 17.7. The van der Waals surface area contributed by atoms with Gasteiger partial charge in [0.25, 0.3) is 0 Å². The molecule has 2 aromatic rings. The molecule has 2 fully saturated rings. The molecule has 1 aromatic heterocycles. The number of nitrogens with zero attached hydrogens (tertiary/aromatic N) is 4. The monoisotopic (exact) mass is 443 g/mol. The SMILES string of the molecule is Nc1c(C(=O)[C@@H]2CCCN2C(=O)COCCN2CCCC2=O)cnn1-c1cccc(F)c1. The standard InChI is InChI=1S/C22H26FN5O4/c23-15-4-1-5-16(12-15)28-22(24)17(13-25-28)21(31)18-6-2-9-27(18)20(30)14-32-11-10-26-8-3-7-19(26)29/h1,4-5,12-13,18H,2-3,6-11,14,24H2/t18-/m0/s1. The number of Topliss-reactive ketones (excluding diaryl/α,β-unsaturated/α-hetero) is 1. The molecule has 2 N–H and O–H groups in total. The van der Waals surface area contributed by atoms with E-state index in [0.29, 0.717) is 38.0 Å². The number of rotatable bonds is 8. The van der Waals surface area contributed by atoms with Gasteiger partial charge in [-0.25, -0.2) is 9.07 Å². The molecule has 2 aliphatic heterocycles. The predicted octanol–water partition coefficient (Wildman–Crippen LogP) is 1.41. The molecular weight excluding hydrogens is 417 g/mol. The minimum absolute atomic E-state index is 0.103. The average Bonchev–Trinajstić information content (AvgIpc) is 3.51. The van der Waals surface area contributed by atoms with Crippen LogP contribution < -0.4 is 5.73 Å². The summed E-state index contributed by atoms with van der Waals surface area (Å²) in [5, 5.41) is 4.14. The first-order chi connectivity index (χ1) is 15.5. The summed E-state index contributed by atoms with van der Waals surface area (Å²) in [5.41, 5.74) is 6.75. The van der Waals surface area contributed by atoms with Crippen molar-refractivity contribution < 1.29 is 23.5 Å². The first-order valence-corrected chi connectivity index (χ1v) is 10.7. The van der Waals surface area contributed by atoms with Crippen molar-refractivity contribution in [2.24, 2.45) is 0 Å². The number of halogens is 1. The summed E-state index contributed by atoms with van der Waals surface area (Å²) in [5.74, 6) is -0.789. The number of hydrogen-bond donors (Lipinski definition) is 1. The van der Waals surface area contributed by atoms with E-state index in [2.05, 4.69) is 5.10 Å². The molecule has 32 heavy (non-hydrogen) atoms. The molecule has 0 unspecified atom stereocenters. The summed E-state index contributed by atoms with van der Waals surface area (Å²) >= 11 is 0. The summed E-state index contributed by atoms with van der Waals surface area (Å²) in [4.78, 5) is 40.7. The van der Waals surface area contributed by atoms with Crippen LogP contribution in [0, 0.1) is 5.82 Å². The van der Waals surface area contributed by atoms with Crippen LogP contribution in [0.3, 0.4) is 0 Å². The minimum Gasteiger partial charge on any atom is -0.383 e. The van der Waals surface area contributed by atoms with Crippen molar-refractivity contribution in [1.82, 2.24) is 19.6 Å². The van der Waals surface area contributed by atoms with Gasteiger partial charge in [0.1, 0.15) is 18.2 Å². The maximum absolute atomic E-state index is 13.5. The van der Waals surface area contributed by atoms with E-state index in [0.717, 1.165) is 13.0 Å². The summed E-state index contributed by atoms with van der Waals surface area (Å²) in [6.45, 7) is 1.77. The Labute approximate surface area is 184 Å². The van der Waals surface area contributed by atoms with Gasteiger partial charge >= 0.3 is 0 Å². The van der Waals surface area contributed by atoms with Crippen molar-refractivity contribution in [3.05, 3.63) is 41.8 Å². The number of aromatic nitrogens is 2. The van der Waals surface area contributed by atoms with Crippen LogP contribution in [-0.4, -0.2) is 76.1 Å². The Balaban J connectivity index is 1.37. The summed E-state index contributed by atoms with van der Waals surface area (Å²) in [6, 6.07) is 5.11. The first-order valence-electron chi connectivity index (χ1n) is 10.7. The highest BCUT2D eigenvalue weighted by Crippen LogP contribution is 2.25. The van der Waals surface area contributed by atoms with Gasteiger partial charge in [0.2, 0.25) is 11.8 Å². The lowest BCUT2D eigenvalue weighted by Gasteiger charge is -2.24. The fraction of sp³-hybridized carbons (Fsp3) is 0.455. The summed E-state index contributed by atoms with van der Waals surface area (Å²) < 4.78 is 20.3. The molecule has 0 aliphatic carbocycles. The minimum atomic E-state index is -0.640. The Bertz CT molecular complexity index is 1020. The number of benzene rings is 1. The summed E-state index contributed by atoms with van der Waals surface area (Å²) in [6.07, 6.45) is 4.00. The van der Waals surface area contributed by atoms with Crippen LogP contribution in [0.4, 0.5) is 10.2 Å². The number of hydrogen-bond acceptors (Lipinski definition) is 6. The van der Waals surface area contributed by atoms with Crippen molar-refractivity contribution in [2.45, 2.75) is 31.7 Å². The van der Waals surface area contributed by atoms with Crippen molar-refractivity contribution in [2.75, 3.05) is 38.6 Å². The van der Waals surface area contributed by atoms with E-state index in [-0.39, 0.29) is 42.2 Å². The second-order valence-corrected chi connectivity index (χ2v) is 7.98. The van der Waals surface area contributed by atoms with Crippen molar-refractivity contribution in [1.29, 1.82) is 0 Å². The molecule has 3 heterocycles. The van der Waals surface area contributed by atoms with Gasteiger partial charge in [0.05, 0.1) is 30.1 Å². The number of carbonyl (C=O) groups excluding carboxylic acids is 3. The maximum atomic E-state index is 13.5. The van der Waals surface area contributed by atoms with Crippen molar-refractivity contribution >= 4 is 23.4 Å². The van der Waals surface area contributed by atoms with E-state index in [1.54, 1.807) is 11.0 Å². The molecule has 0 spiro atoms. The van der Waals surface area contributed by atoms with Gasteiger partial charge in [-0.1, -0.05) is 6.07 Å². The van der Waals surface area contributed by atoms with E-state index in [9.17, 15) is 18.8 Å². The normalized spacial score (nSPS) is 18.5. The van der Waals surface area contributed by atoms with Gasteiger partial charge in [0, 0.05) is 26.1 Å². The molecule has 10 heteroatoms. The predicted molar refractivity (Wildman–Crippen MR) is 114 cm³/mol. The van der Waals surface area contributed by atoms with Crippen molar-refractivity contribution in [3.8, 4) is 5.69 Å². The first kappa shape index (κ1) is 21.9. The second kappa shape index (κ2) is 9.47. The van der Waals surface area contributed by atoms with Gasteiger partial charge in [-0.2, -0.15) is 5.10 Å².